The number of aryl methyl sites for hydroxylation is 1. The SMILES string of the molecule is Cc1cccc(C(=O)NCC(=O)OCc2ncc(-c3ccc(Cl)cc3)o2)c1. The second-order valence-corrected chi connectivity index (χ2v) is 6.27. The molecule has 0 aliphatic heterocycles. The quantitative estimate of drug-likeness (QED) is 0.654. The highest BCUT2D eigenvalue weighted by Gasteiger charge is 2.12. The monoisotopic (exact) mass is 384 g/mol. The molecule has 27 heavy (non-hydrogen) atoms. The van der Waals surface area contributed by atoms with Crippen molar-refractivity contribution in [2.45, 2.75) is 13.5 Å². The number of benzene rings is 2. The third kappa shape index (κ3) is 5.18. The summed E-state index contributed by atoms with van der Waals surface area (Å²) in [6.45, 7) is 1.53. The molecule has 3 aromatic rings. The van der Waals surface area contributed by atoms with E-state index in [1.165, 1.54) is 0 Å². The van der Waals surface area contributed by atoms with Gasteiger partial charge in [-0.2, -0.15) is 0 Å². The Kier molecular flexibility index (Phi) is 5.88. The van der Waals surface area contributed by atoms with E-state index >= 15 is 0 Å². The highest BCUT2D eigenvalue weighted by atomic mass is 35.5. The highest BCUT2D eigenvalue weighted by molar-refractivity contribution is 6.30. The normalized spacial score (nSPS) is 10.4. The molecule has 0 saturated heterocycles. The average molecular weight is 385 g/mol. The number of aromatic nitrogens is 1. The molecule has 7 heteroatoms. The number of hydrogen-bond donors (Lipinski definition) is 1. The van der Waals surface area contributed by atoms with Crippen LogP contribution in [-0.2, 0) is 16.1 Å². The van der Waals surface area contributed by atoms with Crippen molar-refractivity contribution in [1.29, 1.82) is 0 Å². The maximum atomic E-state index is 12.0. The molecule has 0 radical (unpaired) electrons. The Morgan fingerprint density at radius 3 is 2.70 bits per heavy atom. The van der Waals surface area contributed by atoms with Gasteiger partial charge in [0.1, 0.15) is 6.54 Å². The Bertz CT molecular complexity index is 951. The van der Waals surface area contributed by atoms with Gasteiger partial charge in [0, 0.05) is 16.1 Å². The van der Waals surface area contributed by atoms with Crippen LogP contribution in [0, 0.1) is 6.92 Å². The number of oxazole rings is 1. The molecule has 0 unspecified atom stereocenters. The van der Waals surface area contributed by atoms with Gasteiger partial charge < -0.3 is 14.5 Å². The summed E-state index contributed by atoms with van der Waals surface area (Å²) in [5, 5.41) is 3.15. The van der Waals surface area contributed by atoms with Crippen LogP contribution in [0.3, 0.4) is 0 Å². The van der Waals surface area contributed by atoms with Crippen molar-refractivity contribution in [3.8, 4) is 11.3 Å². The van der Waals surface area contributed by atoms with Gasteiger partial charge in [0.2, 0.25) is 5.89 Å². The van der Waals surface area contributed by atoms with Crippen molar-refractivity contribution in [3.05, 3.63) is 76.8 Å². The van der Waals surface area contributed by atoms with Crippen molar-refractivity contribution < 1.29 is 18.7 Å². The van der Waals surface area contributed by atoms with E-state index in [2.05, 4.69) is 10.3 Å². The molecule has 1 amide bonds. The molecular formula is C20H17ClN2O4. The van der Waals surface area contributed by atoms with Crippen molar-refractivity contribution >= 4 is 23.5 Å². The first-order chi connectivity index (χ1) is 13.0. The van der Waals surface area contributed by atoms with Crippen molar-refractivity contribution in [2.75, 3.05) is 6.54 Å². The number of hydrogen-bond acceptors (Lipinski definition) is 5. The summed E-state index contributed by atoms with van der Waals surface area (Å²) in [5.74, 6) is -0.108. The minimum absolute atomic E-state index is 0.118. The molecule has 2 aromatic carbocycles. The van der Waals surface area contributed by atoms with Crippen LogP contribution >= 0.6 is 11.6 Å². The lowest BCUT2D eigenvalue weighted by Gasteiger charge is -2.06. The number of carbonyl (C=O) groups is 2. The predicted octanol–water partition coefficient (Wildman–Crippen LogP) is 3.78. The molecule has 0 bridgehead atoms. The Morgan fingerprint density at radius 2 is 1.96 bits per heavy atom. The second-order valence-electron chi connectivity index (χ2n) is 5.84. The fourth-order valence-corrected chi connectivity index (χ4v) is 2.48. The molecule has 0 atom stereocenters. The van der Waals surface area contributed by atoms with Crippen LogP contribution in [0.25, 0.3) is 11.3 Å². The second kappa shape index (κ2) is 8.51. The Balaban J connectivity index is 1.48. The first-order valence-electron chi connectivity index (χ1n) is 8.22. The van der Waals surface area contributed by atoms with Gasteiger partial charge in [0.25, 0.3) is 5.91 Å². The lowest BCUT2D eigenvalue weighted by molar-refractivity contribution is -0.144. The summed E-state index contributed by atoms with van der Waals surface area (Å²) in [7, 11) is 0. The van der Waals surface area contributed by atoms with Gasteiger partial charge in [-0.05, 0) is 43.3 Å². The zero-order chi connectivity index (χ0) is 19.2. The lowest BCUT2D eigenvalue weighted by Crippen LogP contribution is -2.30. The first kappa shape index (κ1) is 18.7. The fraction of sp³-hybridized carbons (Fsp3) is 0.150. The van der Waals surface area contributed by atoms with Gasteiger partial charge in [0.15, 0.2) is 12.4 Å². The third-order valence-corrected chi connectivity index (χ3v) is 3.96. The van der Waals surface area contributed by atoms with Crippen LogP contribution in [0.5, 0.6) is 0 Å². The standard InChI is InChI=1S/C20H17ClN2O4/c1-13-3-2-4-15(9-13)20(25)23-11-19(24)26-12-18-22-10-17(27-18)14-5-7-16(21)8-6-14/h2-10H,11-12H2,1H3,(H,23,25). The molecule has 1 aromatic heterocycles. The average Bonchev–Trinajstić information content (AvgIpc) is 3.14. The van der Waals surface area contributed by atoms with Gasteiger partial charge in [-0.25, -0.2) is 4.98 Å². The zero-order valence-electron chi connectivity index (χ0n) is 14.6. The van der Waals surface area contributed by atoms with E-state index in [0.29, 0.717) is 16.3 Å². The Hall–Kier alpha value is -3.12. The number of amides is 1. The van der Waals surface area contributed by atoms with Gasteiger partial charge in [-0.1, -0.05) is 29.3 Å². The maximum Gasteiger partial charge on any atom is 0.325 e. The number of esters is 1. The molecule has 0 aliphatic carbocycles. The number of ether oxygens (including phenoxy) is 1. The van der Waals surface area contributed by atoms with E-state index in [9.17, 15) is 9.59 Å². The van der Waals surface area contributed by atoms with Crippen molar-refractivity contribution in [1.82, 2.24) is 10.3 Å². The van der Waals surface area contributed by atoms with Crippen LogP contribution in [0.4, 0.5) is 0 Å². The number of nitrogens with one attached hydrogen (secondary N) is 1. The molecule has 6 nitrogen and oxygen atoms in total. The molecule has 0 spiro atoms. The molecule has 0 saturated carbocycles. The van der Waals surface area contributed by atoms with E-state index in [0.717, 1.165) is 11.1 Å². The summed E-state index contributed by atoms with van der Waals surface area (Å²) >= 11 is 5.85. The van der Waals surface area contributed by atoms with E-state index in [-0.39, 0.29) is 24.9 Å². The van der Waals surface area contributed by atoms with Gasteiger partial charge in [-0.3, -0.25) is 9.59 Å². The van der Waals surface area contributed by atoms with Crippen LogP contribution in [0.15, 0.2) is 59.1 Å². The largest absolute Gasteiger partial charge is 0.454 e. The Labute approximate surface area is 161 Å². The van der Waals surface area contributed by atoms with Crippen molar-refractivity contribution in [2.24, 2.45) is 0 Å². The van der Waals surface area contributed by atoms with Gasteiger partial charge in [0.05, 0.1) is 6.20 Å². The maximum absolute atomic E-state index is 12.0. The summed E-state index contributed by atoms with van der Waals surface area (Å²) in [6, 6.07) is 14.2. The van der Waals surface area contributed by atoms with Crippen molar-refractivity contribution in [3.63, 3.8) is 0 Å². The first-order valence-corrected chi connectivity index (χ1v) is 8.60. The number of rotatable bonds is 6. The van der Waals surface area contributed by atoms with E-state index in [1.54, 1.807) is 48.7 Å². The fourth-order valence-electron chi connectivity index (χ4n) is 2.36. The van der Waals surface area contributed by atoms with Crippen LogP contribution in [0.2, 0.25) is 5.02 Å². The lowest BCUT2D eigenvalue weighted by atomic mass is 10.1. The number of carbonyl (C=O) groups excluding carboxylic acids is 2. The van der Waals surface area contributed by atoms with E-state index in [4.69, 9.17) is 20.8 Å². The zero-order valence-corrected chi connectivity index (χ0v) is 15.3. The molecule has 0 aliphatic rings. The summed E-state index contributed by atoms with van der Waals surface area (Å²) < 4.78 is 10.6. The number of nitrogens with zero attached hydrogens (tertiary/aromatic N) is 1. The summed E-state index contributed by atoms with van der Waals surface area (Å²) in [4.78, 5) is 27.9. The van der Waals surface area contributed by atoms with E-state index < -0.39 is 5.97 Å². The molecule has 138 valence electrons. The topological polar surface area (TPSA) is 81.4 Å². The third-order valence-electron chi connectivity index (χ3n) is 3.71. The summed E-state index contributed by atoms with van der Waals surface area (Å²) in [6.07, 6.45) is 1.55. The molecule has 3 rings (SSSR count). The van der Waals surface area contributed by atoms with Gasteiger partial charge >= 0.3 is 5.97 Å². The summed E-state index contributed by atoms with van der Waals surface area (Å²) in [5.41, 5.74) is 2.27. The number of halogens is 1. The molecule has 1 heterocycles. The van der Waals surface area contributed by atoms with Gasteiger partial charge in [-0.15, -0.1) is 0 Å². The van der Waals surface area contributed by atoms with E-state index in [1.807, 2.05) is 13.0 Å². The minimum Gasteiger partial charge on any atom is -0.454 e. The van der Waals surface area contributed by atoms with Crippen LogP contribution < -0.4 is 5.32 Å². The van der Waals surface area contributed by atoms with Crippen LogP contribution in [-0.4, -0.2) is 23.4 Å². The Morgan fingerprint density at radius 1 is 1.19 bits per heavy atom. The van der Waals surface area contributed by atoms with Crippen LogP contribution in [0.1, 0.15) is 21.8 Å². The highest BCUT2D eigenvalue weighted by Crippen LogP contribution is 2.22. The minimum atomic E-state index is -0.581. The predicted molar refractivity (Wildman–Crippen MR) is 100 cm³/mol. The smallest absolute Gasteiger partial charge is 0.325 e. The molecule has 1 N–H and O–H groups in total. The molecule has 0 fully saturated rings. The molecular weight excluding hydrogens is 368 g/mol.